The average Bonchev–Trinajstić information content (AvgIpc) is 2.40. The van der Waals surface area contributed by atoms with Crippen molar-refractivity contribution in [1.82, 2.24) is 5.32 Å². The van der Waals surface area contributed by atoms with E-state index < -0.39 is 5.91 Å². The second-order valence-electron chi connectivity index (χ2n) is 4.96. The van der Waals surface area contributed by atoms with E-state index in [1.165, 1.54) is 12.1 Å². The normalized spacial score (nSPS) is 10.4. The predicted octanol–water partition coefficient (Wildman–Crippen LogP) is 2.78. The maximum Gasteiger partial charge on any atom is 0.251 e. The maximum atomic E-state index is 13.5. The first-order chi connectivity index (χ1) is 9.86. The topological polar surface area (TPSA) is 69.6 Å². The second-order valence-corrected chi connectivity index (χ2v) is 4.96. The molecular weight excluding hydrogens is 273 g/mol. The number of halogens is 1. The van der Waals surface area contributed by atoms with Crippen molar-refractivity contribution in [3.8, 4) is 11.5 Å². The lowest BCUT2D eigenvalue weighted by atomic mass is 10.1. The van der Waals surface area contributed by atoms with E-state index in [1.54, 1.807) is 26.0 Å². The molecule has 0 atom stereocenters. The molecule has 0 unspecified atom stereocenters. The van der Waals surface area contributed by atoms with Crippen molar-refractivity contribution in [3.05, 3.63) is 58.4 Å². The van der Waals surface area contributed by atoms with Gasteiger partial charge in [-0.3, -0.25) is 4.79 Å². The van der Waals surface area contributed by atoms with E-state index in [4.69, 9.17) is 0 Å². The molecule has 1 amide bonds. The van der Waals surface area contributed by atoms with Gasteiger partial charge in [-0.15, -0.1) is 0 Å². The number of nitrogens with one attached hydrogen (secondary N) is 1. The Labute approximate surface area is 121 Å². The van der Waals surface area contributed by atoms with Gasteiger partial charge in [-0.2, -0.15) is 0 Å². The quantitative estimate of drug-likeness (QED) is 0.813. The molecule has 0 aliphatic heterocycles. The van der Waals surface area contributed by atoms with Gasteiger partial charge in [-0.25, -0.2) is 4.39 Å². The smallest absolute Gasteiger partial charge is 0.251 e. The monoisotopic (exact) mass is 289 g/mol. The van der Waals surface area contributed by atoms with E-state index in [2.05, 4.69) is 5.32 Å². The Bertz CT molecular complexity index is 655. The van der Waals surface area contributed by atoms with Crippen LogP contribution in [0.1, 0.15) is 27.0 Å². The summed E-state index contributed by atoms with van der Waals surface area (Å²) in [6.07, 6.45) is 0. The first kappa shape index (κ1) is 14.8. The minimum atomic E-state index is -0.430. The van der Waals surface area contributed by atoms with Crippen LogP contribution in [0.3, 0.4) is 0 Å². The number of phenolic OH excluding ortho intramolecular Hbond substituents is 2. The third kappa shape index (κ3) is 3.51. The highest BCUT2D eigenvalue weighted by molar-refractivity contribution is 5.95. The van der Waals surface area contributed by atoms with Gasteiger partial charge >= 0.3 is 0 Å². The number of carbonyl (C=O) groups is 1. The fourth-order valence-corrected chi connectivity index (χ4v) is 2.15. The van der Waals surface area contributed by atoms with Crippen LogP contribution in [0, 0.1) is 19.7 Å². The number of hydrogen-bond acceptors (Lipinski definition) is 3. The van der Waals surface area contributed by atoms with Gasteiger partial charge in [0.15, 0.2) is 0 Å². The fourth-order valence-electron chi connectivity index (χ4n) is 2.15. The van der Waals surface area contributed by atoms with Crippen LogP contribution in [0.15, 0.2) is 30.3 Å². The van der Waals surface area contributed by atoms with Gasteiger partial charge < -0.3 is 15.5 Å². The lowest BCUT2D eigenvalue weighted by Gasteiger charge is -2.09. The molecule has 0 bridgehead atoms. The molecule has 3 N–H and O–H groups in total. The van der Waals surface area contributed by atoms with Crippen molar-refractivity contribution in [2.45, 2.75) is 20.4 Å². The van der Waals surface area contributed by atoms with Crippen LogP contribution in [0.4, 0.5) is 4.39 Å². The van der Waals surface area contributed by atoms with E-state index in [9.17, 15) is 19.4 Å². The Kier molecular flexibility index (Phi) is 4.12. The van der Waals surface area contributed by atoms with Gasteiger partial charge in [-0.1, -0.05) is 12.1 Å². The first-order valence-electron chi connectivity index (χ1n) is 6.43. The Morgan fingerprint density at radius 2 is 1.57 bits per heavy atom. The van der Waals surface area contributed by atoms with Crippen LogP contribution in [0.2, 0.25) is 0 Å². The van der Waals surface area contributed by atoms with Crippen LogP contribution >= 0.6 is 0 Å². The van der Waals surface area contributed by atoms with Crippen molar-refractivity contribution < 1.29 is 19.4 Å². The number of hydrogen-bond donors (Lipinski definition) is 3. The van der Waals surface area contributed by atoms with E-state index in [0.717, 1.165) is 11.6 Å². The lowest BCUT2D eigenvalue weighted by molar-refractivity contribution is 0.0950. The summed E-state index contributed by atoms with van der Waals surface area (Å²) in [5, 5.41) is 21.4. The molecule has 21 heavy (non-hydrogen) atoms. The van der Waals surface area contributed by atoms with Gasteiger partial charge in [-0.05, 0) is 42.7 Å². The van der Waals surface area contributed by atoms with Crippen LogP contribution in [-0.2, 0) is 6.54 Å². The molecule has 0 saturated carbocycles. The number of rotatable bonds is 3. The standard InChI is InChI=1S/C16H16FNO3/c1-9-3-11(4-10(2)15(9)17)8-18-16(21)12-5-13(19)7-14(20)6-12/h3-7,19-20H,8H2,1-2H3,(H,18,21). The average molecular weight is 289 g/mol. The highest BCUT2D eigenvalue weighted by Gasteiger charge is 2.09. The third-order valence-corrected chi connectivity index (χ3v) is 3.11. The van der Waals surface area contributed by atoms with Gasteiger partial charge in [0, 0.05) is 18.2 Å². The third-order valence-electron chi connectivity index (χ3n) is 3.11. The highest BCUT2D eigenvalue weighted by atomic mass is 19.1. The van der Waals surface area contributed by atoms with Crippen LogP contribution in [0.25, 0.3) is 0 Å². The molecular formula is C16H16FNO3. The Morgan fingerprint density at radius 1 is 1.05 bits per heavy atom. The number of aromatic hydroxyl groups is 2. The van der Waals surface area contributed by atoms with Crippen molar-refractivity contribution in [1.29, 1.82) is 0 Å². The minimum absolute atomic E-state index is 0.156. The fraction of sp³-hybridized carbons (Fsp3) is 0.188. The summed E-state index contributed by atoms with van der Waals surface area (Å²) in [7, 11) is 0. The summed E-state index contributed by atoms with van der Waals surface area (Å²) in [6, 6.07) is 7.00. The SMILES string of the molecule is Cc1cc(CNC(=O)c2cc(O)cc(O)c2)cc(C)c1F. The Balaban J connectivity index is 2.11. The molecule has 0 spiro atoms. The molecule has 0 aliphatic rings. The van der Waals surface area contributed by atoms with Crippen LogP contribution in [0.5, 0.6) is 11.5 Å². The maximum absolute atomic E-state index is 13.5. The van der Waals surface area contributed by atoms with Gasteiger partial charge in [0.05, 0.1) is 0 Å². The lowest BCUT2D eigenvalue weighted by Crippen LogP contribution is -2.22. The zero-order chi connectivity index (χ0) is 15.6. The van der Waals surface area contributed by atoms with Gasteiger partial charge in [0.1, 0.15) is 17.3 Å². The van der Waals surface area contributed by atoms with Gasteiger partial charge in [0.2, 0.25) is 0 Å². The number of benzene rings is 2. The van der Waals surface area contributed by atoms with E-state index >= 15 is 0 Å². The zero-order valence-electron chi connectivity index (χ0n) is 11.8. The molecule has 0 heterocycles. The summed E-state index contributed by atoms with van der Waals surface area (Å²) in [6.45, 7) is 3.57. The molecule has 0 radical (unpaired) electrons. The van der Waals surface area contributed by atoms with Crippen molar-refractivity contribution in [3.63, 3.8) is 0 Å². The molecule has 2 rings (SSSR count). The molecule has 0 aromatic heterocycles. The van der Waals surface area contributed by atoms with E-state index in [1.807, 2.05) is 0 Å². The van der Waals surface area contributed by atoms with Crippen molar-refractivity contribution in [2.75, 3.05) is 0 Å². The molecule has 5 heteroatoms. The van der Waals surface area contributed by atoms with Crippen LogP contribution in [-0.4, -0.2) is 16.1 Å². The number of phenols is 2. The zero-order valence-corrected chi connectivity index (χ0v) is 11.8. The number of aryl methyl sites for hydroxylation is 2. The van der Waals surface area contributed by atoms with E-state index in [-0.39, 0.29) is 29.4 Å². The Hall–Kier alpha value is -2.56. The van der Waals surface area contributed by atoms with Crippen molar-refractivity contribution in [2.24, 2.45) is 0 Å². The van der Waals surface area contributed by atoms with Gasteiger partial charge in [0.25, 0.3) is 5.91 Å². The summed E-state index contributed by atoms with van der Waals surface area (Å²) < 4.78 is 13.5. The molecule has 0 fully saturated rings. The summed E-state index contributed by atoms with van der Waals surface area (Å²) in [4.78, 5) is 12.0. The Morgan fingerprint density at radius 3 is 2.10 bits per heavy atom. The van der Waals surface area contributed by atoms with Crippen molar-refractivity contribution >= 4 is 5.91 Å². The second kappa shape index (κ2) is 5.83. The molecule has 110 valence electrons. The molecule has 2 aromatic rings. The summed E-state index contributed by atoms with van der Waals surface area (Å²) in [5.41, 5.74) is 1.98. The van der Waals surface area contributed by atoms with Crippen LogP contribution < -0.4 is 5.32 Å². The largest absolute Gasteiger partial charge is 0.508 e. The minimum Gasteiger partial charge on any atom is -0.508 e. The predicted molar refractivity (Wildman–Crippen MR) is 76.8 cm³/mol. The number of amides is 1. The first-order valence-corrected chi connectivity index (χ1v) is 6.43. The molecule has 0 aliphatic carbocycles. The molecule has 0 saturated heterocycles. The number of carbonyl (C=O) groups excluding carboxylic acids is 1. The highest BCUT2D eigenvalue weighted by Crippen LogP contribution is 2.20. The summed E-state index contributed by atoms with van der Waals surface area (Å²) in [5.74, 6) is -1.05. The summed E-state index contributed by atoms with van der Waals surface area (Å²) >= 11 is 0. The van der Waals surface area contributed by atoms with E-state index in [0.29, 0.717) is 11.1 Å². The molecule has 2 aromatic carbocycles. The molecule has 4 nitrogen and oxygen atoms in total.